The maximum Gasteiger partial charge on any atom is 0.255 e. The van der Waals surface area contributed by atoms with Crippen molar-refractivity contribution < 1.29 is 4.79 Å². The molecule has 0 atom stereocenters. The maximum absolute atomic E-state index is 12.0. The minimum Gasteiger partial charge on any atom is -0.398 e. The largest absolute Gasteiger partial charge is 0.398 e. The van der Waals surface area contributed by atoms with Gasteiger partial charge >= 0.3 is 0 Å². The SMILES string of the molecule is CN(C)C(=O)c1cc(-c2ccncc2)ccc1N. The Balaban J connectivity index is 2.48. The van der Waals surface area contributed by atoms with E-state index in [-0.39, 0.29) is 5.91 Å². The summed E-state index contributed by atoms with van der Waals surface area (Å²) in [5.41, 5.74) is 8.83. The van der Waals surface area contributed by atoms with E-state index >= 15 is 0 Å². The first-order valence-corrected chi connectivity index (χ1v) is 5.61. The highest BCUT2D eigenvalue weighted by Crippen LogP contribution is 2.23. The normalized spacial score (nSPS) is 10.1. The molecule has 4 heteroatoms. The molecule has 0 unspecified atom stereocenters. The second-order valence-corrected chi connectivity index (χ2v) is 4.24. The molecular formula is C14H15N3O. The van der Waals surface area contributed by atoms with Crippen molar-refractivity contribution in [2.24, 2.45) is 0 Å². The molecule has 2 N–H and O–H groups in total. The number of nitrogens with two attached hydrogens (primary N) is 1. The van der Waals surface area contributed by atoms with Gasteiger partial charge < -0.3 is 10.6 Å². The Kier molecular flexibility index (Phi) is 3.28. The number of nitrogens with zero attached hydrogens (tertiary/aromatic N) is 2. The molecule has 0 saturated carbocycles. The molecule has 2 rings (SSSR count). The third-order valence-electron chi connectivity index (χ3n) is 2.70. The van der Waals surface area contributed by atoms with Gasteiger partial charge in [-0.1, -0.05) is 6.07 Å². The number of nitrogen functional groups attached to an aromatic ring is 1. The molecule has 0 aliphatic rings. The number of anilines is 1. The lowest BCUT2D eigenvalue weighted by atomic mass is 10.0. The second kappa shape index (κ2) is 4.87. The predicted molar refractivity (Wildman–Crippen MR) is 72.1 cm³/mol. The van der Waals surface area contributed by atoms with Crippen LogP contribution in [-0.2, 0) is 0 Å². The Morgan fingerprint density at radius 3 is 2.39 bits per heavy atom. The van der Waals surface area contributed by atoms with Crippen LogP contribution in [-0.4, -0.2) is 29.9 Å². The van der Waals surface area contributed by atoms with E-state index in [4.69, 9.17) is 5.73 Å². The highest BCUT2D eigenvalue weighted by molar-refractivity contribution is 6.00. The van der Waals surface area contributed by atoms with Gasteiger partial charge in [0.1, 0.15) is 0 Å². The molecule has 1 amide bonds. The zero-order valence-corrected chi connectivity index (χ0v) is 10.4. The highest BCUT2D eigenvalue weighted by atomic mass is 16.2. The fourth-order valence-corrected chi connectivity index (χ4v) is 1.71. The van der Waals surface area contributed by atoms with Crippen molar-refractivity contribution in [2.45, 2.75) is 0 Å². The number of benzene rings is 1. The molecule has 2 aromatic rings. The van der Waals surface area contributed by atoms with Crippen LogP contribution in [0.25, 0.3) is 11.1 Å². The van der Waals surface area contributed by atoms with Gasteiger partial charge in [0.25, 0.3) is 5.91 Å². The zero-order valence-electron chi connectivity index (χ0n) is 10.4. The van der Waals surface area contributed by atoms with E-state index in [0.29, 0.717) is 11.3 Å². The number of hydrogen-bond donors (Lipinski definition) is 1. The maximum atomic E-state index is 12.0. The number of pyridine rings is 1. The highest BCUT2D eigenvalue weighted by Gasteiger charge is 2.12. The topological polar surface area (TPSA) is 59.2 Å². The van der Waals surface area contributed by atoms with Crippen molar-refractivity contribution in [3.05, 3.63) is 48.3 Å². The summed E-state index contributed by atoms with van der Waals surface area (Å²) in [6, 6.07) is 9.27. The van der Waals surface area contributed by atoms with Gasteiger partial charge in [-0.25, -0.2) is 0 Å². The van der Waals surface area contributed by atoms with Crippen LogP contribution < -0.4 is 5.73 Å². The average molecular weight is 241 g/mol. The van der Waals surface area contributed by atoms with Gasteiger partial charge in [-0.3, -0.25) is 9.78 Å². The lowest BCUT2D eigenvalue weighted by Crippen LogP contribution is -2.22. The minimum absolute atomic E-state index is 0.0941. The molecule has 1 heterocycles. The number of rotatable bonds is 2. The van der Waals surface area contributed by atoms with Gasteiger partial charge in [0.2, 0.25) is 0 Å². The summed E-state index contributed by atoms with van der Waals surface area (Å²) in [4.78, 5) is 17.5. The van der Waals surface area contributed by atoms with Crippen LogP contribution in [0.1, 0.15) is 10.4 Å². The van der Waals surface area contributed by atoms with E-state index < -0.39 is 0 Å². The minimum atomic E-state index is -0.0941. The zero-order chi connectivity index (χ0) is 13.1. The monoisotopic (exact) mass is 241 g/mol. The summed E-state index contributed by atoms with van der Waals surface area (Å²) in [6.07, 6.45) is 3.44. The lowest BCUT2D eigenvalue weighted by molar-refractivity contribution is 0.0828. The summed E-state index contributed by atoms with van der Waals surface area (Å²) in [5, 5.41) is 0. The van der Waals surface area contributed by atoms with Crippen LogP contribution >= 0.6 is 0 Å². The molecule has 1 aromatic heterocycles. The fraction of sp³-hybridized carbons (Fsp3) is 0.143. The van der Waals surface area contributed by atoms with Crippen molar-refractivity contribution in [2.75, 3.05) is 19.8 Å². The number of hydrogen-bond acceptors (Lipinski definition) is 3. The summed E-state index contributed by atoms with van der Waals surface area (Å²) in [5.74, 6) is -0.0941. The molecule has 4 nitrogen and oxygen atoms in total. The van der Waals surface area contributed by atoms with Crippen molar-refractivity contribution in [1.29, 1.82) is 0 Å². The summed E-state index contributed by atoms with van der Waals surface area (Å²) in [6.45, 7) is 0. The molecule has 0 fully saturated rings. The Bertz CT molecular complexity index is 565. The molecule has 0 radical (unpaired) electrons. The van der Waals surface area contributed by atoms with E-state index in [1.165, 1.54) is 4.90 Å². The molecule has 1 aromatic carbocycles. The Morgan fingerprint density at radius 1 is 1.11 bits per heavy atom. The number of carbonyl (C=O) groups is 1. The number of aromatic nitrogens is 1. The van der Waals surface area contributed by atoms with E-state index in [1.807, 2.05) is 24.3 Å². The predicted octanol–water partition coefficient (Wildman–Crippen LogP) is 2.03. The van der Waals surface area contributed by atoms with Crippen LogP contribution in [0, 0.1) is 0 Å². The van der Waals surface area contributed by atoms with Crippen molar-refractivity contribution in [3.63, 3.8) is 0 Å². The van der Waals surface area contributed by atoms with E-state index in [2.05, 4.69) is 4.98 Å². The number of carbonyl (C=O) groups excluding carboxylic acids is 1. The Labute approximate surface area is 106 Å². The molecule has 92 valence electrons. The summed E-state index contributed by atoms with van der Waals surface area (Å²) < 4.78 is 0. The molecule has 0 bridgehead atoms. The first kappa shape index (κ1) is 12.1. The first-order valence-electron chi connectivity index (χ1n) is 5.61. The van der Waals surface area contributed by atoms with Crippen LogP contribution in [0.3, 0.4) is 0 Å². The van der Waals surface area contributed by atoms with Crippen molar-refractivity contribution in [1.82, 2.24) is 9.88 Å². The van der Waals surface area contributed by atoms with Crippen LogP contribution in [0.15, 0.2) is 42.7 Å². The number of amides is 1. The van der Waals surface area contributed by atoms with Gasteiger partial charge in [0.15, 0.2) is 0 Å². The van der Waals surface area contributed by atoms with Crippen molar-refractivity contribution >= 4 is 11.6 Å². The van der Waals surface area contributed by atoms with Crippen LogP contribution in [0.2, 0.25) is 0 Å². The fourth-order valence-electron chi connectivity index (χ4n) is 1.71. The van der Waals surface area contributed by atoms with Gasteiger partial charge in [-0.05, 0) is 35.4 Å². The summed E-state index contributed by atoms with van der Waals surface area (Å²) >= 11 is 0. The third kappa shape index (κ3) is 2.32. The summed E-state index contributed by atoms with van der Waals surface area (Å²) in [7, 11) is 3.42. The molecule has 18 heavy (non-hydrogen) atoms. The van der Waals surface area contributed by atoms with Crippen LogP contribution in [0.5, 0.6) is 0 Å². The standard InChI is InChI=1S/C14H15N3O/c1-17(2)14(18)12-9-11(3-4-13(12)15)10-5-7-16-8-6-10/h3-9H,15H2,1-2H3. The van der Waals surface area contributed by atoms with E-state index in [1.54, 1.807) is 32.6 Å². The average Bonchev–Trinajstić information content (AvgIpc) is 2.39. The molecule has 0 saturated heterocycles. The quantitative estimate of drug-likeness (QED) is 0.818. The van der Waals surface area contributed by atoms with Gasteiger partial charge in [-0.2, -0.15) is 0 Å². The first-order chi connectivity index (χ1) is 8.59. The Morgan fingerprint density at radius 2 is 1.78 bits per heavy atom. The van der Waals surface area contributed by atoms with Gasteiger partial charge in [0.05, 0.1) is 5.56 Å². The van der Waals surface area contributed by atoms with Gasteiger partial charge in [0, 0.05) is 32.2 Å². The molecule has 0 aliphatic heterocycles. The van der Waals surface area contributed by atoms with Crippen LogP contribution in [0.4, 0.5) is 5.69 Å². The van der Waals surface area contributed by atoms with E-state index in [0.717, 1.165) is 11.1 Å². The molecular weight excluding hydrogens is 226 g/mol. The van der Waals surface area contributed by atoms with Gasteiger partial charge in [-0.15, -0.1) is 0 Å². The van der Waals surface area contributed by atoms with Crippen molar-refractivity contribution in [3.8, 4) is 11.1 Å². The van der Waals surface area contributed by atoms with E-state index in [9.17, 15) is 4.79 Å². The molecule has 0 spiro atoms. The smallest absolute Gasteiger partial charge is 0.255 e. The molecule has 0 aliphatic carbocycles. The Hall–Kier alpha value is -2.36. The second-order valence-electron chi connectivity index (χ2n) is 4.24. The third-order valence-corrected chi connectivity index (χ3v) is 2.70. The lowest BCUT2D eigenvalue weighted by Gasteiger charge is -2.13.